The first-order chi connectivity index (χ1) is 11.4. The third-order valence-corrected chi connectivity index (χ3v) is 4.27. The molecule has 5 heteroatoms. The van der Waals surface area contributed by atoms with Gasteiger partial charge in [-0.15, -0.1) is 0 Å². The molecule has 1 aliphatic rings. The maximum absolute atomic E-state index is 12.0. The molecule has 128 valence electrons. The van der Waals surface area contributed by atoms with Gasteiger partial charge in [0.2, 0.25) is 0 Å². The first-order valence-electron chi connectivity index (χ1n) is 8.31. The fourth-order valence-electron chi connectivity index (χ4n) is 2.72. The second kappa shape index (κ2) is 7.98. The van der Waals surface area contributed by atoms with Crippen LogP contribution in [0.25, 0.3) is 0 Å². The zero-order chi connectivity index (χ0) is 17.6. The average Bonchev–Trinajstić information content (AvgIpc) is 2.58. The summed E-state index contributed by atoms with van der Waals surface area (Å²) in [6.45, 7) is 1.66. The van der Waals surface area contributed by atoms with Gasteiger partial charge < -0.3 is 20.3 Å². The van der Waals surface area contributed by atoms with Gasteiger partial charge in [-0.1, -0.05) is 25.2 Å². The largest absolute Gasteiger partial charge is 0.548 e. The van der Waals surface area contributed by atoms with Gasteiger partial charge in [0.1, 0.15) is 5.60 Å². The van der Waals surface area contributed by atoms with E-state index in [4.69, 9.17) is 0 Å². The molecule has 0 unspecified atom stereocenters. The van der Waals surface area contributed by atoms with Gasteiger partial charge in [-0.05, 0) is 56.4 Å². The number of hydrogen-bond donors (Lipinski definition) is 2. The highest BCUT2D eigenvalue weighted by Gasteiger charge is 2.26. The van der Waals surface area contributed by atoms with Crippen LogP contribution in [0.5, 0.6) is 0 Å². The van der Waals surface area contributed by atoms with Crippen LogP contribution in [-0.4, -0.2) is 28.6 Å². The molecule has 0 aromatic heterocycles. The molecular formula is C19H22NO4-. The molecule has 0 bridgehead atoms. The maximum atomic E-state index is 12.0. The molecule has 5 nitrogen and oxygen atoms in total. The molecule has 1 aromatic carbocycles. The van der Waals surface area contributed by atoms with Gasteiger partial charge in [0.25, 0.3) is 5.91 Å². The number of amides is 1. The lowest BCUT2D eigenvalue weighted by Gasteiger charge is -2.26. The van der Waals surface area contributed by atoms with Gasteiger partial charge in [-0.3, -0.25) is 4.79 Å². The van der Waals surface area contributed by atoms with E-state index < -0.39 is 23.5 Å². The van der Waals surface area contributed by atoms with Crippen molar-refractivity contribution >= 4 is 11.9 Å². The minimum atomic E-state index is -1.30. The number of hydrogen-bond acceptors (Lipinski definition) is 4. The van der Waals surface area contributed by atoms with Crippen LogP contribution in [0, 0.1) is 11.8 Å². The van der Waals surface area contributed by atoms with Crippen LogP contribution in [0.1, 0.15) is 61.4 Å². The number of carbonyl (C=O) groups is 2. The highest BCUT2D eigenvalue weighted by Crippen LogP contribution is 2.27. The Morgan fingerprint density at radius 2 is 1.88 bits per heavy atom. The van der Waals surface area contributed by atoms with E-state index in [9.17, 15) is 19.8 Å². The van der Waals surface area contributed by atoms with Crippen molar-refractivity contribution in [3.63, 3.8) is 0 Å². The molecule has 0 radical (unpaired) electrons. The van der Waals surface area contributed by atoms with Crippen LogP contribution in [0.4, 0.5) is 0 Å². The number of aliphatic carboxylic acids is 1. The number of rotatable bonds is 4. The average molecular weight is 328 g/mol. The molecular weight excluding hydrogens is 306 g/mol. The molecule has 1 amide bonds. The Hall–Kier alpha value is -2.32. The summed E-state index contributed by atoms with van der Waals surface area (Å²) < 4.78 is 0. The molecule has 1 aliphatic carbocycles. The highest BCUT2D eigenvalue weighted by atomic mass is 16.4. The van der Waals surface area contributed by atoms with Gasteiger partial charge in [0.15, 0.2) is 0 Å². The van der Waals surface area contributed by atoms with E-state index >= 15 is 0 Å². The Morgan fingerprint density at radius 1 is 1.25 bits per heavy atom. The SMILES string of the molecule is CC[C@@H](NC(=O)c1ccc(C#CC2(O)CCCCC2)cc1)C(=O)[O-]. The molecule has 1 saturated carbocycles. The van der Waals surface area contributed by atoms with Crippen molar-refractivity contribution < 1.29 is 19.8 Å². The Labute approximate surface area is 142 Å². The second-order valence-corrected chi connectivity index (χ2v) is 6.17. The predicted molar refractivity (Wildman–Crippen MR) is 87.9 cm³/mol. The summed E-state index contributed by atoms with van der Waals surface area (Å²) in [5, 5.41) is 23.6. The third-order valence-electron chi connectivity index (χ3n) is 4.27. The van der Waals surface area contributed by atoms with Crippen molar-refractivity contribution in [3.05, 3.63) is 35.4 Å². The van der Waals surface area contributed by atoms with Crippen molar-refractivity contribution in [1.29, 1.82) is 0 Å². The molecule has 2 N–H and O–H groups in total. The minimum absolute atomic E-state index is 0.260. The van der Waals surface area contributed by atoms with Crippen LogP contribution in [-0.2, 0) is 4.79 Å². The number of carbonyl (C=O) groups excluding carboxylic acids is 2. The van der Waals surface area contributed by atoms with Crippen molar-refractivity contribution in [1.82, 2.24) is 5.32 Å². The summed E-state index contributed by atoms with van der Waals surface area (Å²) in [4.78, 5) is 22.9. The predicted octanol–water partition coefficient (Wildman–Crippen LogP) is 0.992. The van der Waals surface area contributed by atoms with Crippen LogP contribution in [0.3, 0.4) is 0 Å². The molecule has 0 aliphatic heterocycles. The second-order valence-electron chi connectivity index (χ2n) is 6.17. The van der Waals surface area contributed by atoms with Crippen LogP contribution in [0.15, 0.2) is 24.3 Å². The molecule has 0 saturated heterocycles. The van der Waals surface area contributed by atoms with Crippen LogP contribution >= 0.6 is 0 Å². The van der Waals surface area contributed by atoms with Crippen molar-refractivity contribution in [2.75, 3.05) is 0 Å². The van der Waals surface area contributed by atoms with Crippen molar-refractivity contribution in [2.45, 2.75) is 57.1 Å². The summed E-state index contributed by atoms with van der Waals surface area (Å²) in [6.07, 6.45) is 4.77. The Bertz CT molecular complexity index is 648. The summed E-state index contributed by atoms with van der Waals surface area (Å²) in [6, 6.07) is 5.55. The zero-order valence-corrected chi connectivity index (χ0v) is 13.8. The summed E-state index contributed by atoms with van der Waals surface area (Å²) in [7, 11) is 0. The first kappa shape index (κ1) is 18.0. The third kappa shape index (κ3) is 4.84. The maximum Gasteiger partial charge on any atom is 0.251 e. The van der Waals surface area contributed by atoms with Gasteiger partial charge in [-0.25, -0.2) is 0 Å². The molecule has 24 heavy (non-hydrogen) atoms. The normalized spacial score (nSPS) is 17.2. The molecule has 2 rings (SSSR count). The molecule has 0 heterocycles. The minimum Gasteiger partial charge on any atom is -0.548 e. The standard InChI is InChI=1S/C19H23NO4/c1-2-16(18(22)23)20-17(21)15-8-6-14(7-9-15)10-13-19(24)11-4-3-5-12-19/h6-9,16,24H,2-5,11-12H2,1H3,(H,20,21)(H,22,23)/p-1/t16-/m1/s1. The highest BCUT2D eigenvalue weighted by molar-refractivity contribution is 5.96. The molecule has 1 aromatic rings. The van der Waals surface area contributed by atoms with Gasteiger partial charge >= 0.3 is 0 Å². The van der Waals surface area contributed by atoms with Crippen LogP contribution < -0.4 is 10.4 Å². The van der Waals surface area contributed by atoms with E-state index in [2.05, 4.69) is 17.2 Å². The molecule has 1 fully saturated rings. The number of aliphatic hydroxyl groups is 1. The molecule has 1 atom stereocenters. The Kier molecular flexibility index (Phi) is 5.99. The molecule has 0 spiro atoms. The zero-order valence-electron chi connectivity index (χ0n) is 13.8. The van der Waals surface area contributed by atoms with E-state index in [1.54, 1.807) is 31.2 Å². The van der Waals surface area contributed by atoms with Crippen molar-refractivity contribution in [3.8, 4) is 11.8 Å². The lowest BCUT2D eigenvalue weighted by atomic mass is 9.85. The van der Waals surface area contributed by atoms with Gasteiger partial charge in [0, 0.05) is 11.1 Å². The lowest BCUT2D eigenvalue weighted by molar-refractivity contribution is -0.308. The number of benzene rings is 1. The fraction of sp³-hybridized carbons (Fsp3) is 0.474. The number of carboxylic acids is 1. The summed E-state index contributed by atoms with van der Waals surface area (Å²) >= 11 is 0. The first-order valence-corrected chi connectivity index (χ1v) is 8.31. The number of nitrogens with one attached hydrogen (secondary N) is 1. The topological polar surface area (TPSA) is 89.5 Å². The van der Waals surface area contributed by atoms with E-state index in [0.29, 0.717) is 24.0 Å². The van der Waals surface area contributed by atoms with Gasteiger partial charge in [-0.2, -0.15) is 0 Å². The Balaban J connectivity index is 2.03. The lowest BCUT2D eigenvalue weighted by Crippen LogP contribution is -2.47. The number of carboxylic acid groups (broad SMARTS) is 1. The summed E-state index contributed by atoms with van der Waals surface area (Å²) in [5.74, 6) is 4.13. The quantitative estimate of drug-likeness (QED) is 0.807. The van der Waals surface area contributed by atoms with E-state index in [-0.39, 0.29) is 6.42 Å². The fourth-order valence-corrected chi connectivity index (χ4v) is 2.72. The smallest absolute Gasteiger partial charge is 0.251 e. The van der Waals surface area contributed by atoms with E-state index in [0.717, 1.165) is 19.3 Å². The van der Waals surface area contributed by atoms with E-state index in [1.807, 2.05) is 0 Å². The Morgan fingerprint density at radius 3 is 2.42 bits per heavy atom. The van der Waals surface area contributed by atoms with Crippen molar-refractivity contribution in [2.24, 2.45) is 0 Å². The monoisotopic (exact) mass is 328 g/mol. The van der Waals surface area contributed by atoms with Gasteiger partial charge in [0.05, 0.1) is 12.0 Å². The van der Waals surface area contributed by atoms with E-state index in [1.165, 1.54) is 0 Å². The van der Waals surface area contributed by atoms with Crippen LogP contribution in [0.2, 0.25) is 0 Å². The summed E-state index contributed by atoms with van der Waals surface area (Å²) in [5.41, 5.74) is 0.158.